The van der Waals surface area contributed by atoms with E-state index in [9.17, 15) is 14.4 Å². The molecular weight excluding hydrogens is 548 g/mol. The van der Waals surface area contributed by atoms with Crippen LogP contribution in [0.15, 0.2) is 42.5 Å². The first-order valence-electron chi connectivity index (χ1n) is 14.6. The molecule has 0 bridgehead atoms. The van der Waals surface area contributed by atoms with E-state index < -0.39 is 10.8 Å². The minimum absolute atomic E-state index is 0.130. The summed E-state index contributed by atoms with van der Waals surface area (Å²) in [5, 5.41) is 0. The van der Waals surface area contributed by atoms with Gasteiger partial charge < -0.3 is 23.7 Å². The Morgan fingerprint density at radius 2 is 1.30 bits per heavy atom. The highest BCUT2D eigenvalue weighted by atomic mass is 16.7. The van der Waals surface area contributed by atoms with Crippen LogP contribution in [0, 0.1) is 10.8 Å². The molecule has 0 atom stereocenters. The fourth-order valence-corrected chi connectivity index (χ4v) is 3.61. The third kappa shape index (κ3) is 10.8. The SMILES string of the molecule is CCC(C)(C)c1cc(/C=C/C(=O)c2ccc(OCOC(=O)C(C)(C)C)cc2)c(OC(C)C)cc1OCOC(=O)C(C)(C)C. The summed E-state index contributed by atoms with van der Waals surface area (Å²) in [7, 11) is 0. The minimum atomic E-state index is -0.643. The van der Waals surface area contributed by atoms with Crippen LogP contribution >= 0.6 is 0 Å². The second-order valence-electron chi connectivity index (χ2n) is 13.4. The van der Waals surface area contributed by atoms with Gasteiger partial charge in [0.15, 0.2) is 5.78 Å². The molecule has 2 aromatic rings. The lowest BCUT2D eigenvalue weighted by molar-refractivity contribution is -0.160. The highest BCUT2D eigenvalue weighted by Gasteiger charge is 2.27. The van der Waals surface area contributed by atoms with Crippen LogP contribution in [-0.4, -0.2) is 37.4 Å². The average Bonchev–Trinajstić information content (AvgIpc) is 2.91. The number of ketones is 1. The summed E-state index contributed by atoms with van der Waals surface area (Å²) in [6, 6.07) is 10.4. The number of carbonyl (C=O) groups is 3. The summed E-state index contributed by atoms with van der Waals surface area (Å²) < 4.78 is 28.0. The van der Waals surface area contributed by atoms with Gasteiger partial charge in [-0.2, -0.15) is 0 Å². The Hall–Kier alpha value is -3.81. The molecule has 8 heteroatoms. The molecule has 2 aromatic carbocycles. The summed E-state index contributed by atoms with van der Waals surface area (Å²) >= 11 is 0. The van der Waals surface area contributed by atoms with Crippen molar-refractivity contribution in [2.45, 2.75) is 94.1 Å². The zero-order valence-electron chi connectivity index (χ0n) is 27.6. The Morgan fingerprint density at radius 1 is 0.767 bits per heavy atom. The number of rotatable bonds is 13. The molecule has 0 aliphatic rings. The van der Waals surface area contributed by atoms with Gasteiger partial charge in [-0.1, -0.05) is 20.8 Å². The molecule has 0 radical (unpaired) electrons. The van der Waals surface area contributed by atoms with Crippen LogP contribution in [0.3, 0.4) is 0 Å². The van der Waals surface area contributed by atoms with Gasteiger partial charge in [-0.3, -0.25) is 14.4 Å². The van der Waals surface area contributed by atoms with Crippen LogP contribution in [0.4, 0.5) is 0 Å². The first kappa shape index (κ1) is 35.4. The number of esters is 2. The van der Waals surface area contributed by atoms with Crippen LogP contribution < -0.4 is 14.2 Å². The van der Waals surface area contributed by atoms with E-state index in [4.69, 9.17) is 23.7 Å². The van der Waals surface area contributed by atoms with Gasteiger partial charge >= 0.3 is 11.9 Å². The number of allylic oxidation sites excluding steroid dienone is 1. The quantitative estimate of drug-likeness (QED) is 0.0996. The van der Waals surface area contributed by atoms with Crippen molar-refractivity contribution >= 4 is 23.8 Å². The topological polar surface area (TPSA) is 97.4 Å². The molecule has 0 aliphatic heterocycles. The van der Waals surface area contributed by atoms with E-state index in [1.165, 1.54) is 6.08 Å². The summed E-state index contributed by atoms with van der Waals surface area (Å²) in [6.07, 6.45) is 3.92. The number of hydrogen-bond donors (Lipinski definition) is 0. The van der Waals surface area contributed by atoms with Crippen molar-refractivity contribution < 1.29 is 38.1 Å². The van der Waals surface area contributed by atoms with Crippen LogP contribution in [-0.2, 0) is 24.5 Å². The van der Waals surface area contributed by atoms with Gasteiger partial charge in [0.2, 0.25) is 13.6 Å². The normalized spacial score (nSPS) is 12.3. The zero-order chi connectivity index (χ0) is 32.6. The molecule has 43 heavy (non-hydrogen) atoms. The summed E-state index contributed by atoms with van der Waals surface area (Å²) in [6.45, 7) is 20.3. The standard InChI is InChI=1S/C35H48O8/c1-12-35(10,11)27-19-25(29(43-23(2)3)20-30(27)40-22-42-32(38)34(7,8)9)15-18-28(36)24-13-16-26(17-14-24)39-21-41-31(37)33(4,5)6/h13-20,23H,12,21-22H2,1-11H3/b18-15+. The third-order valence-corrected chi connectivity index (χ3v) is 6.69. The number of hydrogen-bond acceptors (Lipinski definition) is 8. The molecule has 0 spiro atoms. The smallest absolute Gasteiger partial charge is 0.314 e. The average molecular weight is 597 g/mol. The lowest BCUT2D eigenvalue weighted by Gasteiger charge is -2.28. The lowest BCUT2D eigenvalue weighted by Crippen LogP contribution is -2.25. The van der Waals surface area contributed by atoms with Crippen LogP contribution in [0.2, 0.25) is 0 Å². The van der Waals surface area contributed by atoms with Crippen molar-refractivity contribution in [2.75, 3.05) is 13.6 Å². The first-order chi connectivity index (χ1) is 19.8. The Bertz CT molecular complexity index is 1290. The fraction of sp³-hybridized carbons (Fsp3) is 0.514. The van der Waals surface area contributed by atoms with Crippen molar-refractivity contribution in [3.63, 3.8) is 0 Å². The molecule has 0 heterocycles. The van der Waals surface area contributed by atoms with E-state index >= 15 is 0 Å². The van der Waals surface area contributed by atoms with E-state index in [0.29, 0.717) is 22.8 Å². The van der Waals surface area contributed by atoms with Gasteiger partial charge in [-0.15, -0.1) is 0 Å². The Kier molecular flexibility index (Phi) is 12.0. The molecule has 8 nitrogen and oxygen atoms in total. The zero-order valence-corrected chi connectivity index (χ0v) is 27.6. The van der Waals surface area contributed by atoms with Gasteiger partial charge in [0.25, 0.3) is 0 Å². The molecule has 236 valence electrons. The maximum atomic E-state index is 13.1. The molecule has 0 aromatic heterocycles. The minimum Gasteiger partial charge on any atom is -0.490 e. The predicted molar refractivity (Wildman–Crippen MR) is 167 cm³/mol. The number of carbonyl (C=O) groups excluding carboxylic acids is 3. The molecule has 0 aliphatic carbocycles. The molecule has 0 fully saturated rings. The molecule has 0 N–H and O–H groups in total. The van der Waals surface area contributed by atoms with E-state index in [0.717, 1.165) is 17.5 Å². The Balaban J connectivity index is 2.29. The van der Waals surface area contributed by atoms with Crippen molar-refractivity contribution in [3.05, 3.63) is 59.2 Å². The molecule has 0 unspecified atom stereocenters. The molecular formula is C35H48O8. The van der Waals surface area contributed by atoms with Crippen LogP contribution in [0.5, 0.6) is 17.2 Å². The highest BCUT2D eigenvalue weighted by Crippen LogP contribution is 2.40. The molecule has 0 saturated heterocycles. The summed E-state index contributed by atoms with van der Waals surface area (Å²) in [5.41, 5.74) is 0.556. The van der Waals surface area contributed by atoms with Gasteiger partial charge in [0.05, 0.1) is 16.9 Å². The predicted octanol–water partition coefficient (Wildman–Crippen LogP) is 7.91. The van der Waals surface area contributed by atoms with E-state index in [1.807, 2.05) is 19.9 Å². The van der Waals surface area contributed by atoms with Crippen molar-refractivity contribution in [1.82, 2.24) is 0 Å². The van der Waals surface area contributed by atoms with Crippen molar-refractivity contribution in [1.29, 1.82) is 0 Å². The van der Waals surface area contributed by atoms with Crippen molar-refractivity contribution in [2.24, 2.45) is 10.8 Å². The number of benzene rings is 2. The van der Waals surface area contributed by atoms with Gasteiger partial charge in [-0.05, 0) is 110 Å². The second-order valence-corrected chi connectivity index (χ2v) is 13.4. The highest BCUT2D eigenvalue weighted by molar-refractivity contribution is 6.07. The molecule has 2 rings (SSSR count). The fourth-order valence-electron chi connectivity index (χ4n) is 3.61. The molecule has 0 saturated carbocycles. The number of ether oxygens (including phenoxy) is 5. The lowest BCUT2D eigenvalue weighted by atomic mass is 9.80. The molecule has 0 amide bonds. The Labute approximate surface area is 256 Å². The maximum Gasteiger partial charge on any atom is 0.314 e. The van der Waals surface area contributed by atoms with E-state index in [1.54, 1.807) is 78.0 Å². The van der Waals surface area contributed by atoms with Crippen molar-refractivity contribution in [3.8, 4) is 17.2 Å². The van der Waals surface area contributed by atoms with Crippen LogP contribution in [0.1, 0.15) is 104 Å². The van der Waals surface area contributed by atoms with E-state index in [2.05, 4.69) is 20.8 Å². The monoisotopic (exact) mass is 596 g/mol. The summed E-state index contributed by atoms with van der Waals surface area (Å²) in [4.78, 5) is 37.2. The maximum absolute atomic E-state index is 13.1. The Morgan fingerprint density at radius 3 is 1.79 bits per heavy atom. The second kappa shape index (κ2) is 14.6. The van der Waals surface area contributed by atoms with Gasteiger partial charge in [0.1, 0.15) is 17.2 Å². The summed E-state index contributed by atoms with van der Waals surface area (Å²) in [5.74, 6) is 0.650. The van der Waals surface area contributed by atoms with E-state index in [-0.39, 0.29) is 42.8 Å². The van der Waals surface area contributed by atoms with Gasteiger partial charge in [-0.25, -0.2) is 0 Å². The third-order valence-electron chi connectivity index (χ3n) is 6.69. The largest absolute Gasteiger partial charge is 0.490 e. The van der Waals surface area contributed by atoms with Gasteiger partial charge in [0, 0.05) is 22.8 Å². The first-order valence-corrected chi connectivity index (χ1v) is 14.6. The van der Waals surface area contributed by atoms with Crippen LogP contribution in [0.25, 0.3) is 6.08 Å².